The lowest BCUT2D eigenvalue weighted by atomic mass is 10.1. The van der Waals surface area contributed by atoms with Crippen molar-refractivity contribution in [1.82, 2.24) is 0 Å². The van der Waals surface area contributed by atoms with Gasteiger partial charge in [-0.3, -0.25) is 4.79 Å². The second-order valence-electron chi connectivity index (χ2n) is 6.00. The predicted molar refractivity (Wildman–Crippen MR) is 95.8 cm³/mol. The molecule has 0 heterocycles. The molecular formula is C19H22ClNO2. The summed E-state index contributed by atoms with van der Waals surface area (Å²) >= 11 is 6.24. The fourth-order valence-electron chi connectivity index (χ4n) is 2.18. The van der Waals surface area contributed by atoms with E-state index in [0.717, 1.165) is 16.8 Å². The summed E-state index contributed by atoms with van der Waals surface area (Å²) in [5.74, 6) is 0.432. The van der Waals surface area contributed by atoms with Crippen molar-refractivity contribution in [3.63, 3.8) is 0 Å². The standard InChI is InChI=1S/C19H22ClNO2/c1-11(2)23-18-10-15(9-17(20)14(18)5)19(22)21-16-7-6-12(3)13(4)8-16/h6-11H,1-5H3,(H,21,22). The van der Waals surface area contributed by atoms with Crippen molar-refractivity contribution >= 4 is 23.2 Å². The zero-order valence-electron chi connectivity index (χ0n) is 14.2. The monoisotopic (exact) mass is 331 g/mol. The van der Waals surface area contributed by atoms with Crippen LogP contribution < -0.4 is 10.1 Å². The van der Waals surface area contributed by atoms with Gasteiger partial charge in [0.15, 0.2) is 0 Å². The van der Waals surface area contributed by atoms with Gasteiger partial charge in [-0.15, -0.1) is 0 Å². The van der Waals surface area contributed by atoms with Crippen LogP contribution in [0, 0.1) is 20.8 Å². The van der Waals surface area contributed by atoms with E-state index in [4.69, 9.17) is 16.3 Å². The first kappa shape index (κ1) is 17.4. The van der Waals surface area contributed by atoms with Crippen LogP contribution in [0.3, 0.4) is 0 Å². The number of hydrogen-bond donors (Lipinski definition) is 1. The fraction of sp³-hybridized carbons (Fsp3) is 0.316. The number of carbonyl (C=O) groups excluding carboxylic acids is 1. The molecule has 0 radical (unpaired) electrons. The van der Waals surface area contributed by atoms with Crippen LogP contribution in [0.1, 0.15) is 40.9 Å². The van der Waals surface area contributed by atoms with E-state index in [9.17, 15) is 4.79 Å². The first-order valence-electron chi connectivity index (χ1n) is 7.63. The molecular weight excluding hydrogens is 310 g/mol. The molecule has 0 atom stereocenters. The van der Waals surface area contributed by atoms with Crippen molar-refractivity contribution in [1.29, 1.82) is 0 Å². The third-order valence-corrected chi connectivity index (χ3v) is 4.08. The molecule has 2 aromatic rings. The normalized spacial score (nSPS) is 10.7. The van der Waals surface area contributed by atoms with Gasteiger partial charge in [0.25, 0.3) is 5.91 Å². The Kier molecular flexibility index (Phi) is 5.32. The van der Waals surface area contributed by atoms with Gasteiger partial charge in [0.2, 0.25) is 0 Å². The number of benzene rings is 2. The zero-order chi connectivity index (χ0) is 17.1. The van der Waals surface area contributed by atoms with Gasteiger partial charge in [-0.1, -0.05) is 17.7 Å². The number of halogens is 1. The quantitative estimate of drug-likeness (QED) is 0.825. The zero-order valence-corrected chi connectivity index (χ0v) is 14.9. The summed E-state index contributed by atoms with van der Waals surface area (Å²) in [5.41, 5.74) is 4.40. The molecule has 0 aliphatic heterocycles. The maximum Gasteiger partial charge on any atom is 0.255 e. The number of amides is 1. The number of nitrogens with one attached hydrogen (secondary N) is 1. The first-order chi connectivity index (χ1) is 10.8. The van der Waals surface area contributed by atoms with Crippen LogP contribution in [-0.4, -0.2) is 12.0 Å². The highest BCUT2D eigenvalue weighted by Crippen LogP contribution is 2.29. The lowest BCUT2D eigenvalue weighted by Crippen LogP contribution is -2.14. The topological polar surface area (TPSA) is 38.3 Å². The molecule has 2 aromatic carbocycles. The number of hydrogen-bond acceptors (Lipinski definition) is 2. The predicted octanol–water partition coefficient (Wildman–Crippen LogP) is 5.30. The summed E-state index contributed by atoms with van der Waals surface area (Å²) in [4.78, 5) is 12.5. The summed E-state index contributed by atoms with van der Waals surface area (Å²) in [5, 5.41) is 3.42. The Hall–Kier alpha value is -2.00. The summed E-state index contributed by atoms with van der Waals surface area (Å²) in [6.07, 6.45) is 0.0165. The Morgan fingerprint density at radius 1 is 1.09 bits per heavy atom. The molecule has 0 saturated carbocycles. The van der Waals surface area contributed by atoms with Crippen LogP contribution in [0.5, 0.6) is 5.75 Å². The third-order valence-electron chi connectivity index (χ3n) is 3.69. The maximum absolute atomic E-state index is 12.5. The van der Waals surface area contributed by atoms with E-state index in [1.165, 1.54) is 5.56 Å². The van der Waals surface area contributed by atoms with E-state index >= 15 is 0 Å². The van der Waals surface area contributed by atoms with Gasteiger partial charge < -0.3 is 10.1 Å². The smallest absolute Gasteiger partial charge is 0.255 e. The van der Waals surface area contributed by atoms with E-state index in [-0.39, 0.29) is 12.0 Å². The molecule has 3 nitrogen and oxygen atoms in total. The highest BCUT2D eigenvalue weighted by atomic mass is 35.5. The van der Waals surface area contributed by atoms with E-state index in [2.05, 4.69) is 5.32 Å². The Morgan fingerprint density at radius 3 is 2.39 bits per heavy atom. The van der Waals surface area contributed by atoms with Crippen molar-refractivity contribution in [2.45, 2.75) is 40.7 Å². The lowest BCUT2D eigenvalue weighted by molar-refractivity contribution is 0.102. The molecule has 0 unspecified atom stereocenters. The molecule has 0 bridgehead atoms. The SMILES string of the molecule is Cc1ccc(NC(=O)c2cc(Cl)c(C)c(OC(C)C)c2)cc1C. The van der Waals surface area contributed by atoms with Gasteiger partial charge in [0, 0.05) is 21.8 Å². The Bertz CT molecular complexity index is 738. The molecule has 4 heteroatoms. The van der Waals surface area contributed by atoms with Gasteiger partial charge in [0.1, 0.15) is 5.75 Å². The minimum Gasteiger partial charge on any atom is -0.491 e. The second kappa shape index (κ2) is 7.05. The van der Waals surface area contributed by atoms with Gasteiger partial charge in [-0.25, -0.2) is 0 Å². The number of anilines is 1. The van der Waals surface area contributed by atoms with E-state index in [1.807, 2.05) is 52.8 Å². The molecule has 1 N–H and O–H groups in total. The molecule has 23 heavy (non-hydrogen) atoms. The molecule has 0 aliphatic carbocycles. The molecule has 0 spiro atoms. The first-order valence-corrected chi connectivity index (χ1v) is 8.01. The van der Waals surface area contributed by atoms with E-state index in [1.54, 1.807) is 12.1 Å². The number of ether oxygens (including phenoxy) is 1. The largest absolute Gasteiger partial charge is 0.491 e. The summed E-state index contributed by atoms with van der Waals surface area (Å²) in [6, 6.07) is 9.23. The Morgan fingerprint density at radius 2 is 1.78 bits per heavy atom. The van der Waals surface area contributed by atoms with Gasteiger partial charge in [0.05, 0.1) is 6.10 Å². The lowest BCUT2D eigenvalue weighted by Gasteiger charge is -2.15. The molecule has 1 amide bonds. The van der Waals surface area contributed by atoms with Crippen LogP contribution in [-0.2, 0) is 0 Å². The average Bonchev–Trinajstić information content (AvgIpc) is 2.47. The molecule has 0 fully saturated rings. The van der Waals surface area contributed by atoms with Crippen molar-refractivity contribution in [3.8, 4) is 5.75 Å². The number of carbonyl (C=O) groups is 1. The minimum atomic E-state index is -0.205. The number of aryl methyl sites for hydroxylation is 2. The molecule has 0 saturated heterocycles. The van der Waals surface area contributed by atoms with Crippen molar-refractivity contribution in [2.24, 2.45) is 0 Å². The Balaban J connectivity index is 2.28. The average molecular weight is 332 g/mol. The fourth-order valence-corrected chi connectivity index (χ4v) is 2.39. The van der Waals surface area contributed by atoms with Crippen LogP contribution >= 0.6 is 11.6 Å². The third kappa shape index (κ3) is 4.26. The van der Waals surface area contributed by atoms with Gasteiger partial charge in [-0.05, 0) is 70.0 Å². The highest BCUT2D eigenvalue weighted by molar-refractivity contribution is 6.32. The number of rotatable bonds is 4. The van der Waals surface area contributed by atoms with Crippen molar-refractivity contribution in [3.05, 3.63) is 57.6 Å². The van der Waals surface area contributed by atoms with Crippen molar-refractivity contribution in [2.75, 3.05) is 5.32 Å². The van der Waals surface area contributed by atoms with E-state index < -0.39 is 0 Å². The van der Waals surface area contributed by atoms with Crippen LogP contribution in [0.2, 0.25) is 5.02 Å². The summed E-state index contributed by atoms with van der Waals surface area (Å²) in [7, 11) is 0. The minimum absolute atomic E-state index is 0.0165. The maximum atomic E-state index is 12.5. The van der Waals surface area contributed by atoms with Crippen LogP contribution in [0.25, 0.3) is 0 Å². The van der Waals surface area contributed by atoms with Gasteiger partial charge >= 0.3 is 0 Å². The molecule has 2 rings (SSSR count). The highest BCUT2D eigenvalue weighted by Gasteiger charge is 2.14. The molecule has 0 aliphatic rings. The van der Waals surface area contributed by atoms with Crippen LogP contribution in [0.15, 0.2) is 30.3 Å². The molecule has 122 valence electrons. The Labute approximate surface area is 142 Å². The van der Waals surface area contributed by atoms with E-state index in [0.29, 0.717) is 16.3 Å². The van der Waals surface area contributed by atoms with Crippen molar-refractivity contribution < 1.29 is 9.53 Å². The van der Waals surface area contributed by atoms with Gasteiger partial charge in [-0.2, -0.15) is 0 Å². The molecule has 0 aromatic heterocycles. The second-order valence-corrected chi connectivity index (χ2v) is 6.41. The summed E-state index contributed by atoms with van der Waals surface area (Å²) < 4.78 is 5.74. The van der Waals surface area contributed by atoms with Crippen LogP contribution in [0.4, 0.5) is 5.69 Å². The summed E-state index contributed by atoms with van der Waals surface area (Å²) in [6.45, 7) is 9.81.